The SMILES string of the molecule is Cc1nc(Cl)c(C=O)c(N(C)c2ccccc2C#N)n1. The second kappa shape index (κ2) is 5.68. The topological polar surface area (TPSA) is 69.9 Å². The molecule has 0 N–H and O–H groups in total. The summed E-state index contributed by atoms with van der Waals surface area (Å²) in [6.07, 6.45) is 0.614. The Kier molecular flexibility index (Phi) is 3.97. The molecule has 0 unspecified atom stereocenters. The van der Waals surface area contributed by atoms with Crippen LogP contribution in [0.4, 0.5) is 11.5 Å². The van der Waals surface area contributed by atoms with Crippen molar-refractivity contribution in [2.75, 3.05) is 11.9 Å². The molecular weight excluding hydrogens is 276 g/mol. The van der Waals surface area contributed by atoms with Crippen LogP contribution in [0.1, 0.15) is 21.7 Å². The summed E-state index contributed by atoms with van der Waals surface area (Å²) in [4.78, 5) is 21.1. The second-order valence-corrected chi connectivity index (χ2v) is 4.46. The largest absolute Gasteiger partial charge is 0.328 e. The van der Waals surface area contributed by atoms with Crippen LogP contribution < -0.4 is 4.90 Å². The molecule has 2 rings (SSSR count). The van der Waals surface area contributed by atoms with E-state index in [4.69, 9.17) is 16.9 Å². The Labute approximate surface area is 121 Å². The number of aldehydes is 1. The summed E-state index contributed by atoms with van der Waals surface area (Å²) in [6.45, 7) is 1.69. The van der Waals surface area contributed by atoms with Gasteiger partial charge < -0.3 is 4.90 Å². The van der Waals surface area contributed by atoms with Gasteiger partial charge in [-0.1, -0.05) is 23.7 Å². The third-order valence-corrected chi connectivity index (χ3v) is 3.10. The Hall–Kier alpha value is -2.45. The summed E-state index contributed by atoms with van der Waals surface area (Å²) in [5, 5.41) is 9.25. The molecule has 0 bridgehead atoms. The lowest BCUT2D eigenvalue weighted by Gasteiger charge is -2.21. The van der Waals surface area contributed by atoms with Crippen molar-refractivity contribution < 1.29 is 4.79 Å². The predicted molar refractivity (Wildman–Crippen MR) is 76.4 cm³/mol. The highest BCUT2D eigenvalue weighted by atomic mass is 35.5. The van der Waals surface area contributed by atoms with Gasteiger partial charge in [-0.15, -0.1) is 0 Å². The molecule has 0 saturated carbocycles. The number of carbonyl (C=O) groups is 1. The maximum atomic E-state index is 11.2. The summed E-state index contributed by atoms with van der Waals surface area (Å²) >= 11 is 5.97. The van der Waals surface area contributed by atoms with E-state index in [1.165, 1.54) is 0 Å². The Bertz CT molecular complexity index is 709. The van der Waals surface area contributed by atoms with E-state index in [1.54, 1.807) is 37.1 Å². The van der Waals surface area contributed by atoms with Crippen LogP contribution >= 0.6 is 11.6 Å². The molecule has 0 aliphatic heterocycles. The molecule has 0 atom stereocenters. The molecule has 0 aliphatic carbocycles. The number of benzene rings is 1. The number of nitriles is 1. The van der Waals surface area contributed by atoms with Gasteiger partial charge in [-0.05, 0) is 19.1 Å². The number of halogens is 1. The minimum atomic E-state index is 0.101. The monoisotopic (exact) mass is 286 g/mol. The third-order valence-electron chi connectivity index (χ3n) is 2.81. The Morgan fingerprint density at radius 3 is 2.70 bits per heavy atom. The fourth-order valence-electron chi connectivity index (χ4n) is 1.86. The van der Waals surface area contributed by atoms with Crippen LogP contribution in [-0.2, 0) is 0 Å². The molecule has 1 aromatic carbocycles. The molecule has 100 valence electrons. The van der Waals surface area contributed by atoms with E-state index in [9.17, 15) is 4.79 Å². The molecule has 0 amide bonds. The number of para-hydroxylation sites is 1. The van der Waals surface area contributed by atoms with Gasteiger partial charge >= 0.3 is 0 Å². The number of anilines is 2. The van der Waals surface area contributed by atoms with Crippen LogP contribution in [0, 0.1) is 18.3 Å². The maximum Gasteiger partial charge on any atom is 0.156 e. The number of aryl methyl sites for hydroxylation is 1. The standard InChI is InChI=1S/C14H11ClN4O/c1-9-17-13(15)11(8-20)14(18-9)19(2)12-6-4-3-5-10(12)7-16/h3-6,8H,1-2H3. The molecule has 0 aliphatic rings. The normalized spacial score (nSPS) is 9.90. The average Bonchev–Trinajstić information content (AvgIpc) is 2.45. The number of hydrogen-bond donors (Lipinski definition) is 0. The molecule has 0 radical (unpaired) electrons. The first-order valence-corrected chi connectivity index (χ1v) is 6.18. The molecule has 20 heavy (non-hydrogen) atoms. The smallest absolute Gasteiger partial charge is 0.156 e. The first-order valence-electron chi connectivity index (χ1n) is 5.80. The zero-order valence-electron chi connectivity index (χ0n) is 11.0. The van der Waals surface area contributed by atoms with Gasteiger partial charge in [-0.3, -0.25) is 4.79 Å². The molecule has 1 aromatic heterocycles. The number of rotatable bonds is 3. The first-order chi connectivity index (χ1) is 9.58. The van der Waals surface area contributed by atoms with Gasteiger partial charge in [0.2, 0.25) is 0 Å². The van der Waals surface area contributed by atoms with Crippen LogP contribution in [0.2, 0.25) is 5.15 Å². The summed E-state index contributed by atoms with van der Waals surface area (Å²) < 4.78 is 0. The van der Waals surface area contributed by atoms with Gasteiger partial charge in [0.1, 0.15) is 22.9 Å². The lowest BCUT2D eigenvalue weighted by atomic mass is 10.1. The van der Waals surface area contributed by atoms with Crippen molar-refractivity contribution in [2.45, 2.75) is 6.92 Å². The minimum Gasteiger partial charge on any atom is -0.328 e. The quantitative estimate of drug-likeness (QED) is 0.641. The van der Waals surface area contributed by atoms with Crippen LogP contribution in [0.3, 0.4) is 0 Å². The van der Waals surface area contributed by atoms with E-state index in [0.29, 0.717) is 29.2 Å². The lowest BCUT2D eigenvalue weighted by Crippen LogP contribution is -2.16. The number of hydrogen-bond acceptors (Lipinski definition) is 5. The highest BCUT2D eigenvalue weighted by Crippen LogP contribution is 2.29. The number of aromatic nitrogens is 2. The fourth-order valence-corrected chi connectivity index (χ4v) is 2.12. The van der Waals surface area contributed by atoms with Gasteiger partial charge in [0.25, 0.3) is 0 Å². The first kappa shape index (κ1) is 14.0. The van der Waals surface area contributed by atoms with Crippen LogP contribution in [0.25, 0.3) is 0 Å². The minimum absolute atomic E-state index is 0.101. The maximum absolute atomic E-state index is 11.2. The van der Waals surface area contributed by atoms with Crippen LogP contribution in [0.15, 0.2) is 24.3 Å². The van der Waals surface area contributed by atoms with Crippen molar-refractivity contribution in [3.8, 4) is 6.07 Å². The van der Waals surface area contributed by atoms with E-state index >= 15 is 0 Å². The van der Waals surface area contributed by atoms with Crippen molar-refractivity contribution >= 4 is 29.4 Å². The number of nitrogens with zero attached hydrogens (tertiary/aromatic N) is 4. The number of carbonyl (C=O) groups excluding carboxylic acids is 1. The van der Waals surface area contributed by atoms with Gasteiger partial charge in [0.05, 0.1) is 16.8 Å². The molecule has 2 aromatic rings. The molecule has 0 fully saturated rings. The van der Waals surface area contributed by atoms with Crippen molar-refractivity contribution in [1.82, 2.24) is 9.97 Å². The molecule has 0 saturated heterocycles. The lowest BCUT2D eigenvalue weighted by molar-refractivity contribution is 0.112. The zero-order valence-corrected chi connectivity index (χ0v) is 11.7. The van der Waals surface area contributed by atoms with Crippen molar-refractivity contribution in [2.24, 2.45) is 0 Å². The average molecular weight is 287 g/mol. The predicted octanol–water partition coefficient (Wildman–Crippen LogP) is 2.89. The summed E-state index contributed by atoms with van der Waals surface area (Å²) in [7, 11) is 1.72. The highest BCUT2D eigenvalue weighted by Gasteiger charge is 2.17. The van der Waals surface area contributed by atoms with E-state index < -0.39 is 0 Å². The van der Waals surface area contributed by atoms with E-state index in [0.717, 1.165) is 0 Å². The molecule has 0 spiro atoms. The van der Waals surface area contributed by atoms with Gasteiger partial charge in [0.15, 0.2) is 6.29 Å². The van der Waals surface area contributed by atoms with E-state index in [-0.39, 0.29) is 10.7 Å². The van der Waals surface area contributed by atoms with Crippen molar-refractivity contribution in [3.63, 3.8) is 0 Å². The second-order valence-electron chi connectivity index (χ2n) is 4.10. The molecule has 1 heterocycles. The molecule has 5 nitrogen and oxygen atoms in total. The van der Waals surface area contributed by atoms with E-state index in [1.807, 2.05) is 6.07 Å². The molecular formula is C14H11ClN4O. The molecule has 6 heteroatoms. The summed E-state index contributed by atoms with van der Waals surface area (Å²) in [6, 6.07) is 9.16. The van der Waals surface area contributed by atoms with Crippen LogP contribution in [0.5, 0.6) is 0 Å². The van der Waals surface area contributed by atoms with Gasteiger partial charge in [-0.2, -0.15) is 5.26 Å². The Morgan fingerprint density at radius 2 is 2.05 bits per heavy atom. The van der Waals surface area contributed by atoms with Crippen molar-refractivity contribution in [1.29, 1.82) is 5.26 Å². The van der Waals surface area contributed by atoms with Crippen molar-refractivity contribution in [3.05, 3.63) is 46.4 Å². The van der Waals surface area contributed by atoms with Crippen LogP contribution in [-0.4, -0.2) is 23.3 Å². The van der Waals surface area contributed by atoms with Gasteiger partial charge in [0, 0.05) is 7.05 Å². The third kappa shape index (κ3) is 2.46. The summed E-state index contributed by atoms with van der Waals surface area (Å²) in [5.41, 5.74) is 1.33. The fraction of sp³-hybridized carbons (Fsp3) is 0.143. The Balaban J connectivity index is 2.62. The summed E-state index contributed by atoms with van der Waals surface area (Å²) in [5.74, 6) is 0.831. The zero-order chi connectivity index (χ0) is 14.7. The van der Waals surface area contributed by atoms with E-state index in [2.05, 4.69) is 16.0 Å². The van der Waals surface area contributed by atoms with Gasteiger partial charge in [-0.25, -0.2) is 9.97 Å². The Morgan fingerprint density at radius 1 is 1.35 bits per heavy atom. The highest BCUT2D eigenvalue weighted by molar-refractivity contribution is 6.32.